The van der Waals surface area contributed by atoms with Crippen LogP contribution in [0, 0.1) is 13.8 Å². The number of aromatic nitrogens is 3. The van der Waals surface area contributed by atoms with E-state index >= 15 is 0 Å². The van der Waals surface area contributed by atoms with Crippen LogP contribution in [0.15, 0.2) is 33.6 Å². The number of amides is 1. The summed E-state index contributed by atoms with van der Waals surface area (Å²) in [5.74, 6) is 1.21. The molecule has 8 heteroatoms. The molecule has 0 fully saturated rings. The SMILES string of the molecule is CCSc1ccc(CC(=O)Nc2nnc(-c3sc(C)nc3C)o2)cc1. The third-order valence-corrected chi connectivity index (χ3v) is 5.32. The molecule has 3 aromatic rings. The van der Waals surface area contributed by atoms with Crippen LogP contribution < -0.4 is 5.32 Å². The maximum Gasteiger partial charge on any atom is 0.322 e. The highest BCUT2D eigenvalue weighted by Crippen LogP contribution is 2.29. The summed E-state index contributed by atoms with van der Waals surface area (Å²) < 4.78 is 5.54. The van der Waals surface area contributed by atoms with E-state index in [0.29, 0.717) is 5.89 Å². The molecule has 0 spiro atoms. The number of hydrogen-bond acceptors (Lipinski definition) is 7. The van der Waals surface area contributed by atoms with Crippen LogP contribution in [0.5, 0.6) is 0 Å². The molecular formula is C17H18N4O2S2. The maximum atomic E-state index is 12.2. The molecule has 1 amide bonds. The fourth-order valence-corrected chi connectivity index (χ4v) is 3.82. The van der Waals surface area contributed by atoms with Crippen LogP contribution in [-0.2, 0) is 11.2 Å². The average Bonchev–Trinajstić information content (AvgIpc) is 3.15. The second-order valence-corrected chi connectivity index (χ2v) is 7.90. The lowest BCUT2D eigenvalue weighted by molar-refractivity contribution is -0.115. The van der Waals surface area contributed by atoms with Gasteiger partial charge in [-0.25, -0.2) is 4.98 Å². The van der Waals surface area contributed by atoms with Gasteiger partial charge in [-0.15, -0.1) is 28.2 Å². The summed E-state index contributed by atoms with van der Waals surface area (Å²) in [6.07, 6.45) is 0.257. The summed E-state index contributed by atoms with van der Waals surface area (Å²) in [5, 5.41) is 11.5. The number of rotatable bonds is 6. The Bertz CT molecular complexity index is 871. The van der Waals surface area contributed by atoms with Crippen LogP contribution in [0.2, 0.25) is 0 Å². The number of carbonyl (C=O) groups is 1. The molecule has 0 aliphatic carbocycles. The van der Waals surface area contributed by atoms with E-state index in [-0.39, 0.29) is 18.3 Å². The molecule has 1 aromatic carbocycles. The zero-order chi connectivity index (χ0) is 17.8. The fourth-order valence-electron chi connectivity index (χ4n) is 2.31. The molecule has 0 bridgehead atoms. The smallest absolute Gasteiger partial charge is 0.322 e. The Balaban J connectivity index is 1.62. The normalized spacial score (nSPS) is 10.8. The Morgan fingerprint density at radius 3 is 2.64 bits per heavy atom. The first kappa shape index (κ1) is 17.6. The lowest BCUT2D eigenvalue weighted by Gasteiger charge is -2.03. The monoisotopic (exact) mass is 374 g/mol. The predicted molar refractivity (Wildman–Crippen MR) is 100 cm³/mol. The first-order valence-corrected chi connectivity index (χ1v) is 9.65. The summed E-state index contributed by atoms with van der Waals surface area (Å²) in [7, 11) is 0. The zero-order valence-electron chi connectivity index (χ0n) is 14.2. The van der Waals surface area contributed by atoms with Crippen molar-refractivity contribution in [3.05, 3.63) is 40.5 Å². The van der Waals surface area contributed by atoms with Gasteiger partial charge in [0.05, 0.1) is 17.1 Å². The van der Waals surface area contributed by atoms with E-state index in [2.05, 4.69) is 27.4 Å². The van der Waals surface area contributed by atoms with Crippen molar-refractivity contribution in [1.29, 1.82) is 0 Å². The van der Waals surface area contributed by atoms with Crippen molar-refractivity contribution in [1.82, 2.24) is 15.2 Å². The molecule has 3 rings (SSSR count). The number of anilines is 1. The topological polar surface area (TPSA) is 80.9 Å². The highest BCUT2D eigenvalue weighted by molar-refractivity contribution is 7.99. The summed E-state index contributed by atoms with van der Waals surface area (Å²) in [6.45, 7) is 5.92. The summed E-state index contributed by atoms with van der Waals surface area (Å²) in [6, 6.07) is 8.07. The third kappa shape index (κ3) is 4.46. The van der Waals surface area contributed by atoms with Crippen molar-refractivity contribution in [3.8, 4) is 10.8 Å². The van der Waals surface area contributed by atoms with E-state index in [0.717, 1.165) is 26.9 Å². The van der Waals surface area contributed by atoms with Gasteiger partial charge >= 0.3 is 6.01 Å². The van der Waals surface area contributed by atoms with Crippen molar-refractivity contribution in [2.45, 2.75) is 32.1 Å². The third-order valence-electron chi connectivity index (χ3n) is 3.37. The van der Waals surface area contributed by atoms with Gasteiger partial charge in [0, 0.05) is 4.90 Å². The second kappa shape index (κ2) is 7.79. The first-order valence-electron chi connectivity index (χ1n) is 7.84. The Kier molecular flexibility index (Phi) is 5.50. The molecule has 6 nitrogen and oxygen atoms in total. The van der Waals surface area contributed by atoms with Crippen LogP contribution >= 0.6 is 23.1 Å². The number of nitrogens with one attached hydrogen (secondary N) is 1. The van der Waals surface area contributed by atoms with Gasteiger partial charge < -0.3 is 4.42 Å². The number of nitrogens with zero attached hydrogens (tertiary/aromatic N) is 3. The van der Waals surface area contributed by atoms with Crippen LogP contribution in [0.25, 0.3) is 10.8 Å². The zero-order valence-corrected chi connectivity index (χ0v) is 15.8. The number of aryl methyl sites for hydroxylation is 2. The number of thiazole rings is 1. The summed E-state index contributed by atoms with van der Waals surface area (Å²) in [5.41, 5.74) is 1.78. The minimum Gasteiger partial charge on any atom is -0.402 e. The van der Waals surface area contributed by atoms with Crippen LogP contribution in [0.3, 0.4) is 0 Å². The molecule has 1 N–H and O–H groups in total. The molecule has 0 radical (unpaired) electrons. The highest BCUT2D eigenvalue weighted by Gasteiger charge is 2.16. The standard InChI is InChI=1S/C17H18N4O2S2/c1-4-24-13-7-5-12(6-8-13)9-14(22)19-17-21-20-16(23-17)15-10(2)18-11(3)25-15/h5-8H,4,9H2,1-3H3,(H,19,21,22). The summed E-state index contributed by atoms with van der Waals surface area (Å²) >= 11 is 3.26. The molecule has 0 unspecified atom stereocenters. The molecule has 0 aliphatic heterocycles. The Morgan fingerprint density at radius 1 is 1.24 bits per heavy atom. The van der Waals surface area contributed by atoms with Crippen molar-refractivity contribution >= 4 is 35.0 Å². The predicted octanol–water partition coefficient (Wildman–Crippen LogP) is 4.10. The van der Waals surface area contributed by atoms with Crippen LogP contribution in [0.1, 0.15) is 23.2 Å². The quantitative estimate of drug-likeness (QED) is 0.654. The van der Waals surface area contributed by atoms with Gasteiger partial charge in [-0.1, -0.05) is 24.2 Å². The average molecular weight is 374 g/mol. The maximum absolute atomic E-state index is 12.2. The minimum atomic E-state index is -0.191. The number of thioether (sulfide) groups is 1. The lowest BCUT2D eigenvalue weighted by atomic mass is 10.1. The molecule has 25 heavy (non-hydrogen) atoms. The van der Waals surface area contributed by atoms with E-state index in [1.807, 2.05) is 38.1 Å². The Labute approximate surface area is 154 Å². The van der Waals surface area contributed by atoms with Gasteiger partial charge in [0.15, 0.2) is 0 Å². The molecule has 2 aromatic heterocycles. The largest absolute Gasteiger partial charge is 0.402 e. The van der Waals surface area contributed by atoms with Crippen molar-refractivity contribution in [2.75, 3.05) is 11.1 Å². The molecule has 0 atom stereocenters. The van der Waals surface area contributed by atoms with Crippen molar-refractivity contribution < 1.29 is 9.21 Å². The molecule has 130 valence electrons. The second-order valence-electron chi connectivity index (χ2n) is 5.36. The van der Waals surface area contributed by atoms with Crippen molar-refractivity contribution in [2.24, 2.45) is 0 Å². The van der Waals surface area contributed by atoms with E-state index < -0.39 is 0 Å². The van der Waals surface area contributed by atoms with Gasteiger partial charge in [-0.3, -0.25) is 10.1 Å². The summed E-state index contributed by atoms with van der Waals surface area (Å²) in [4.78, 5) is 18.5. The molecule has 2 heterocycles. The molecule has 0 aliphatic rings. The highest BCUT2D eigenvalue weighted by atomic mass is 32.2. The van der Waals surface area contributed by atoms with Gasteiger partial charge in [0.25, 0.3) is 5.89 Å². The lowest BCUT2D eigenvalue weighted by Crippen LogP contribution is -2.14. The first-order chi connectivity index (χ1) is 12.0. The van der Waals surface area contributed by atoms with Crippen LogP contribution in [-0.4, -0.2) is 26.8 Å². The molecule has 0 saturated heterocycles. The van der Waals surface area contributed by atoms with Gasteiger partial charge in [0.2, 0.25) is 5.91 Å². The fraction of sp³-hybridized carbons (Fsp3) is 0.294. The molecule has 0 saturated carbocycles. The van der Waals surface area contributed by atoms with E-state index in [9.17, 15) is 4.79 Å². The Hall–Kier alpha value is -2.19. The Morgan fingerprint density at radius 2 is 2.00 bits per heavy atom. The number of carbonyl (C=O) groups excluding carboxylic acids is 1. The number of benzene rings is 1. The minimum absolute atomic E-state index is 0.101. The van der Waals surface area contributed by atoms with Gasteiger partial charge in [0.1, 0.15) is 4.88 Å². The number of hydrogen-bond donors (Lipinski definition) is 1. The van der Waals surface area contributed by atoms with E-state index in [1.165, 1.54) is 16.2 Å². The van der Waals surface area contributed by atoms with E-state index in [1.54, 1.807) is 11.8 Å². The van der Waals surface area contributed by atoms with Gasteiger partial charge in [-0.05, 0) is 37.3 Å². The van der Waals surface area contributed by atoms with Gasteiger partial charge in [-0.2, -0.15) is 0 Å². The molecular weight excluding hydrogens is 356 g/mol. The van der Waals surface area contributed by atoms with Crippen LogP contribution in [0.4, 0.5) is 6.01 Å². The van der Waals surface area contributed by atoms with E-state index in [4.69, 9.17) is 4.42 Å². The van der Waals surface area contributed by atoms with Crippen molar-refractivity contribution in [3.63, 3.8) is 0 Å².